The van der Waals surface area contributed by atoms with Crippen molar-refractivity contribution < 1.29 is 13.9 Å². The molecule has 3 heterocycles. The third-order valence-electron chi connectivity index (χ3n) is 5.67. The molecule has 0 unspecified atom stereocenters. The van der Waals surface area contributed by atoms with Crippen molar-refractivity contribution in [3.63, 3.8) is 0 Å². The van der Waals surface area contributed by atoms with Gasteiger partial charge in [-0.2, -0.15) is 0 Å². The van der Waals surface area contributed by atoms with Crippen LogP contribution in [0.5, 0.6) is 0 Å². The Hall–Kier alpha value is -2.31. The molecule has 2 saturated heterocycles. The Morgan fingerprint density at radius 3 is 2.78 bits per heavy atom. The number of fused-ring (bicyclic) bond motifs is 1. The van der Waals surface area contributed by atoms with E-state index in [1.807, 2.05) is 35.5 Å². The van der Waals surface area contributed by atoms with Gasteiger partial charge in [-0.1, -0.05) is 12.1 Å². The van der Waals surface area contributed by atoms with Gasteiger partial charge in [0.05, 0.1) is 6.04 Å². The minimum atomic E-state index is -0.262. The minimum Gasteiger partial charge on any atom is -0.375 e. The number of hydrogen-bond donors (Lipinski definition) is 0. The molecule has 4 rings (SSSR count). The molecule has 1 aromatic heterocycles. The third-order valence-corrected chi connectivity index (χ3v) is 5.67. The van der Waals surface area contributed by atoms with Gasteiger partial charge in [-0.3, -0.25) is 14.7 Å². The molecule has 0 bridgehead atoms. The molecule has 1 aromatic carbocycles. The number of benzene rings is 1. The van der Waals surface area contributed by atoms with Gasteiger partial charge < -0.3 is 9.64 Å². The van der Waals surface area contributed by atoms with E-state index in [9.17, 15) is 9.18 Å². The molecule has 3 atom stereocenters. The molecule has 0 radical (unpaired) electrons. The van der Waals surface area contributed by atoms with Crippen molar-refractivity contribution in [3.8, 4) is 0 Å². The summed E-state index contributed by atoms with van der Waals surface area (Å²) in [4.78, 5) is 21.0. The fraction of sp³-hybridized carbons (Fsp3) is 0.429. The van der Waals surface area contributed by atoms with Gasteiger partial charge in [0.25, 0.3) is 0 Å². The molecule has 0 N–H and O–H groups in total. The first-order valence-corrected chi connectivity index (χ1v) is 9.31. The van der Waals surface area contributed by atoms with Crippen molar-refractivity contribution in [1.29, 1.82) is 0 Å². The summed E-state index contributed by atoms with van der Waals surface area (Å²) < 4.78 is 18.9. The maximum Gasteiger partial charge on any atom is 0.249 e. The van der Waals surface area contributed by atoms with Gasteiger partial charge in [0.2, 0.25) is 5.91 Å². The van der Waals surface area contributed by atoms with Crippen LogP contribution in [0.25, 0.3) is 0 Å². The van der Waals surface area contributed by atoms with Crippen LogP contribution >= 0.6 is 0 Å². The van der Waals surface area contributed by atoms with E-state index >= 15 is 0 Å². The molecule has 2 aromatic rings. The summed E-state index contributed by atoms with van der Waals surface area (Å²) in [5.74, 6) is 0.402. The second-order valence-electron chi connectivity index (χ2n) is 7.45. The van der Waals surface area contributed by atoms with E-state index in [-0.39, 0.29) is 24.4 Å². The van der Waals surface area contributed by atoms with Crippen molar-refractivity contribution in [2.45, 2.75) is 12.6 Å². The van der Waals surface area contributed by atoms with Crippen LogP contribution in [0, 0.1) is 17.7 Å². The summed E-state index contributed by atoms with van der Waals surface area (Å²) in [5.41, 5.74) is 2.11. The monoisotopic (exact) mass is 369 g/mol. The summed E-state index contributed by atoms with van der Waals surface area (Å²) >= 11 is 0. The fourth-order valence-electron chi connectivity index (χ4n) is 4.59. The molecule has 2 fully saturated rings. The third kappa shape index (κ3) is 3.73. The highest BCUT2D eigenvalue weighted by atomic mass is 19.1. The standard InChI is InChI=1S/C21H24FN3O2/c1-27-14-20(26)25-12-17-11-24(10-15-5-7-23-8-6-15)13-19(17)21(25)16-3-2-4-18(22)9-16/h2-9,17,19,21H,10-14H2,1H3/t17-,19-,21+/m1/s1. The van der Waals surface area contributed by atoms with Gasteiger partial charge in [-0.15, -0.1) is 0 Å². The van der Waals surface area contributed by atoms with E-state index in [0.29, 0.717) is 18.4 Å². The van der Waals surface area contributed by atoms with Gasteiger partial charge in [-0.25, -0.2) is 4.39 Å². The van der Waals surface area contributed by atoms with Crippen LogP contribution in [-0.2, 0) is 16.1 Å². The normalized spacial score (nSPS) is 25.0. The zero-order valence-corrected chi connectivity index (χ0v) is 15.4. The van der Waals surface area contributed by atoms with Gasteiger partial charge >= 0.3 is 0 Å². The first-order valence-electron chi connectivity index (χ1n) is 9.31. The highest BCUT2D eigenvalue weighted by molar-refractivity contribution is 5.78. The maximum absolute atomic E-state index is 13.9. The number of aromatic nitrogens is 1. The van der Waals surface area contributed by atoms with E-state index in [4.69, 9.17) is 4.74 Å². The van der Waals surface area contributed by atoms with Crippen molar-refractivity contribution >= 4 is 5.91 Å². The predicted octanol–water partition coefficient (Wildman–Crippen LogP) is 2.50. The Kier molecular flexibility index (Phi) is 5.18. The first-order chi connectivity index (χ1) is 13.2. The number of methoxy groups -OCH3 is 1. The lowest BCUT2D eigenvalue weighted by Gasteiger charge is -2.30. The highest BCUT2D eigenvalue weighted by Gasteiger charge is 2.48. The van der Waals surface area contributed by atoms with Crippen LogP contribution in [0.2, 0.25) is 0 Å². The molecule has 1 amide bonds. The summed E-state index contributed by atoms with van der Waals surface area (Å²) in [6.07, 6.45) is 3.62. The van der Waals surface area contributed by atoms with E-state index in [1.165, 1.54) is 18.7 Å². The molecule has 2 aliphatic rings. The number of carbonyl (C=O) groups excluding carboxylic acids is 1. The predicted molar refractivity (Wildman–Crippen MR) is 99.2 cm³/mol. The highest BCUT2D eigenvalue weighted by Crippen LogP contribution is 2.45. The summed E-state index contributed by atoms with van der Waals surface area (Å²) in [5, 5.41) is 0. The number of pyridine rings is 1. The number of carbonyl (C=O) groups is 1. The van der Waals surface area contributed by atoms with Crippen molar-refractivity contribution in [2.24, 2.45) is 11.8 Å². The van der Waals surface area contributed by atoms with Crippen molar-refractivity contribution in [1.82, 2.24) is 14.8 Å². The average Bonchev–Trinajstić information content (AvgIpc) is 3.20. The Bertz CT molecular complexity index is 801. The summed E-state index contributed by atoms with van der Waals surface area (Å²) in [7, 11) is 1.53. The lowest BCUT2D eigenvalue weighted by molar-refractivity contribution is -0.136. The van der Waals surface area contributed by atoms with E-state index < -0.39 is 0 Å². The first kappa shape index (κ1) is 18.1. The van der Waals surface area contributed by atoms with Crippen LogP contribution in [0.1, 0.15) is 17.2 Å². The zero-order chi connectivity index (χ0) is 18.8. The van der Waals surface area contributed by atoms with Gasteiger partial charge in [0.15, 0.2) is 0 Å². The van der Waals surface area contributed by atoms with Gasteiger partial charge in [0, 0.05) is 51.6 Å². The van der Waals surface area contributed by atoms with E-state index in [2.05, 4.69) is 9.88 Å². The lowest BCUT2D eigenvalue weighted by Crippen LogP contribution is -2.37. The Morgan fingerprint density at radius 2 is 2.04 bits per heavy atom. The molecular formula is C21H24FN3O2. The smallest absolute Gasteiger partial charge is 0.249 e. The number of ether oxygens (including phenoxy) is 1. The lowest BCUT2D eigenvalue weighted by atomic mass is 9.89. The number of likely N-dealkylation sites (tertiary alicyclic amines) is 2. The second kappa shape index (κ2) is 7.74. The van der Waals surface area contributed by atoms with Crippen molar-refractivity contribution in [2.75, 3.05) is 33.4 Å². The average molecular weight is 369 g/mol. The number of rotatable bonds is 5. The van der Waals surface area contributed by atoms with Crippen LogP contribution in [0.4, 0.5) is 4.39 Å². The molecule has 5 nitrogen and oxygen atoms in total. The molecule has 142 valence electrons. The number of halogens is 1. The zero-order valence-electron chi connectivity index (χ0n) is 15.4. The fourth-order valence-corrected chi connectivity index (χ4v) is 4.59. The summed E-state index contributed by atoms with van der Waals surface area (Å²) in [6.45, 7) is 3.46. The van der Waals surface area contributed by atoms with Gasteiger partial charge in [0.1, 0.15) is 12.4 Å². The SMILES string of the molecule is COCC(=O)N1C[C@H]2CN(Cc3ccncc3)C[C@H]2[C@@H]1c1cccc(F)c1. The van der Waals surface area contributed by atoms with Crippen molar-refractivity contribution in [3.05, 3.63) is 65.7 Å². The van der Waals surface area contributed by atoms with Crippen LogP contribution in [0.3, 0.4) is 0 Å². The molecule has 0 saturated carbocycles. The van der Waals surface area contributed by atoms with Gasteiger partial charge in [-0.05, 0) is 41.3 Å². The molecule has 2 aliphatic heterocycles. The molecule has 6 heteroatoms. The Balaban J connectivity index is 1.56. The molecular weight excluding hydrogens is 345 g/mol. The van der Waals surface area contributed by atoms with E-state index in [1.54, 1.807) is 12.1 Å². The number of amides is 1. The quantitative estimate of drug-likeness (QED) is 0.812. The number of nitrogens with zero attached hydrogens (tertiary/aromatic N) is 3. The second-order valence-corrected chi connectivity index (χ2v) is 7.45. The summed E-state index contributed by atoms with van der Waals surface area (Å²) in [6, 6.07) is 10.6. The molecule has 27 heavy (non-hydrogen) atoms. The number of hydrogen-bond acceptors (Lipinski definition) is 4. The Labute approximate surface area is 158 Å². The maximum atomic E-state index is 13.9. The largest absolute Gasteiger partial charge is 0.375 e. The van der Waals surface area contributed by atoms with Crippen LogP contribution in [-0.4, -0.2) is 54.0 Å². The van der Waals surface area contributed by atoms with E-state index in [0.717, 1.165) is 25.2 Å². The van der Waals surface area contributed by atoms with Crippen LogP contribution in [0.15, 0.2) is 48.8 Å². The topological polar surface area (TPSA) is 45.7 Å². The Morgan fingerprint density at radius 1 is 1.22 bits per heavy atom. The van der Waals surface area contributed by atoms with Crippen LogP contribution < -0.4 is 0 Å². The molecule has 0 aliphatic carbocycles. The molecule has 0 spiro atoms. The minimum absolute atomic E-state index is 0.0261.